The molecule has 2 aromatic rings. The number of benzene rings is 2. The number of hydrazone groups is 1. The van der Waals surface area contributed by atoms with Gasteiger partial charge in [0, 0.05) is 25.7 Å². The predicted octanol–water partition coefficient (Wildman–Crippen LogP) is 3.77. The lowest BCUT2D eigenvalue weighted by atomic mass is 10.0. The van der Waals surface area contributed by atoms with E-state index in [1.807, 2.05) is 0 Å². The zero-order valence-corrected chi connectivity index (χ0v) is 16.3. The molecule has 1 unspecified atom stereocenters. The maximum absolute atomic E-state index is 14.7. The van der Waals surface area contributed by atoms with Gasteiger partial charge in [0.15, 0.2) is 11.6 Å². The molecule has 1 saturated carbocycles. The van der Waals surface area contributed by atoms with Gasteiger partial charge in [-0.25, -0.2) is 21.6 Å². The molecule has 154 valence electrons. The fourth-order valence-electron chi connectivity index (χ4n) is 3.14. The Hall–Kier alpha value is -2.75. The molecule has 29 heavy (non-hydrogen) atoms. The lowest BCUT2D eigenvalue weighted by Crippen LogP contribution is -2.18. The summed E-state index contributed by atoms with van der Waals surface area (Å²) >= 11 is 0. The summed E-state index contributed by atoms with van der Waals surface area (Å²) in [6, 6.07) is 6.29. The first-order chi connectivity index (χ1) is 13.7. The molecule has 0 aromatic heterocycles. The van der Waals surface area contributed by atoms with Crippen molar-refractivity contribution in [3.63, 3.8) is 0 Å². The van der Waals surface area contributed by atoms with Gasteiger partial charge in [-0.1, -0.05) is 6.07 Å². The third kappa shape index (κ3) is 4.02. The fourth-order valence-corrected chi connectivity index (χ4v) is 4.54. The molecule has 1 fully saturated rings. The SMILES string of the molecule is CN1CC(c2ccc(Nc3c(NS(=O)(=O)C4CC4)ccc(F)c3F)c(F)c2)C=N1. The molecule has 2 aliphatic rings. The van der Waals surface area contributed by atoms with Gasteiger partial charge < -0.3 is 5.32 Å². The van der Waals surface area contributed by atoms with Crippen LogP contribution in [0, 0.1) is 17.5 Å². The van der Waals surface area contributed by atoms with Crippen molar-refractivity contribution in [2.45, 2.75) is 24.0 Å². The van der Waals surface area contributed by atoms with Gasteiger partial charge in [-0.2, -0.15) is 5.10 Å². The Balaban J connectivity index is 1.63. The van der Waals surface area contributed by atoms with E-state index in [4.69, 9.17) is 0 Å². The van der Waals surface area contributed by atoms with Crippen LogP contribution in [0.1, 0.15) is 24.3 Å². The number of sulfonamides is 1. The van der Waals surface area contributed by atoms with E-state index in [2.05, 4.69) is 15.1 Å². The Bertz CT molecular complexity index is 1090. The molecule has 0 spiro atoms. The first kappa shape index (κ1) is 19.6. The van der Waals surface area contributed by atoms with E-state index in [1.165, 1.54) is 12.1 Å². The van der Waals surface area contributed by atoms with Crippen LogP contribution in [0.25, 0.3) is 0 Å². The topological polar surface area (TPSA) is 73.8 Å². The van der Waals surface area contributed by atoms with E-state index < -0.39 is 38.4 Å². The van der Waals surface area contributed by atoms with Gasteiger partial charge in [0.25, 0.3) is 0 Å². The summed E-state index contributed by atoms with van der Waals surface area (Å²) in [4.78, 5) is 0. The first-order valence-corrected chi connectivity index (χ1v) is 10.6. The summed E-state index contributed by atoms with van der Waals surface area (Å²) in [5, 5.41) is 7.79. The second-order valence-corrected chi connectivity index (χ2v) is 9.17. The normalized spacial score (nSPS) is 18.9. The van der Waals surface area contributed by atoms with Crippen molar-refractivity contribution in [1.82, 2.24) is 5.01 Å². The van der Waals surface area contributed by atoms with E-state index in [-0.39, 0.29) is 17.3 Å². The zero-order chi connectivity index (χ0) is 20.8. The van der Waals surface area contributed by atoms with Gasteiger partial charge in [0.1, 0.15) is 11.5 Å². The number of hydrogen-bond acceptors (Lipinski definition) is 5. The summed E-state index contributed by atoms with van der Waals surface area (Å²) in [5.74, 6) is -3.22. The molecule has 0 saturated heterocycles. The van der Waals surface area contributed by atoms with Crippen molar-refractivity contribution in [1.29, 1.82) is 0 Å². The van der Waals surface area contributed by atoms with Gasteiger partial charge in [-0.15, -0.1) is 0 Å². The van der Waals surface area contributed by atoms with Gasteiger partial charge in [0.2, 0.25) is 10.0 Å². The molecule has 0 bridgehead atoms. The minimum absolute atomic E-state index is 0.0737. The maximum atomic E-state index is 14.7. The quantitative estimate of drug-likeness (QED) is 0.741. The Morgan fingerprint density at radius 1 is 1.07 bits per heavy atom. The number of anilines is 3. The van der Waals surface area contributed by atoms with E-state index in [0.717, 1.165) is 12.1 Å². The molecule has 2 N–H and O–H groups in total. The third-order valence-corrected chi connectivity index (χ3v) is 6.75. The van der Waals surface area contributed by atoms with Crippen molar-refractivity contribution in [2.75, 3.05) is 23.6 Å². The zero-order valence-electron chi connectivity index (χ0n) is 15.5. The van der Waals surface area contributed by atoms with Crippen molar-refractivity contribution < 1.29 is 21.6 Å². The third-order valence-electron chi connectivity index (χ3n) is 4.90. The second-order valence-electron chi connectivity index (χ2n) is 7.21. The molecular formula is C19H19F3N4O2S. The van der Waals surface area contributed by atoms with E-state index >= 15 is 0 Å². The fraction of sp³-hybridized carbons (Fsp3) is 0.316. The standard InChI is InChI=1S/C19H19F3N4O2S/c1-26-10-12(9-23-26)11-2-6-16(15(21)8-11)24-19-17(7-5-14(20)18(19)22)25-29(27,28)13-3-4-13/h2,5-9,12-13,24-25H,3-4,10H2,1H3. The second kappa shape index (κ2) is 7.25. The highest BCUT2D eigenvalue weighted by Crippen LogP contribution is 2.36. The molecule has 1 aliphatic carbocycles. The number of hydrogen-bond donors (Lipinski definition) is 2. The van der Waals surface area contributed by atoms with Gasteiger partial charge in [-0.3, -0.25) is 9.73 Å². The van der Waals surface area contributed by atoms with Crippen LogP contribution >= 0.6 is 0 Å². The minimum atomic E-state index is -3.71. The Kier molecular flexibility index (Phi) is 4.89. The minimum Gasteiger partial charge on any atom is -0.349 e. The summed E-state index contributed by atoms with van der Waals surface area (Å²) < 4.78 is 69.5. The molecule has 0 amide bonds. The summed E-state index contributed by atoms with van der Waals surface area (Å²) in [6.07, 6.45) is 2.73. The Labute approximate surface area is 166 Å². The highest BCUT2D eigenvalue weighted by atomic mass is 32.2. The van der Waals surface area contributed by atoms with Crippen molar-refractivity contribution in [2.24, 2.45) is 5.10 Å². The molecular weight excluding hydrogens is 405 g/mol. The van der Waals surface area contributed by atoms with Gasteiger partial charge in [-0.05, 0) is 42.7 Å². The van der Waals surface area contributed by atoms with E-state index in [1.54, 1.807) is 24.3 Å². The van der Waals surface area contributed by atoms with Crippen LogP contribution < -0.4 is 10.0 Å². The monoisotopic (exact) mass is 424 g/mol. The average molecular weight is 424 g/mol. The number of nitrogens with zero attached hydrogens (tertiary/aromatic N) is 2. The largest absolute Gasteiger partial charge is 0.349 e. The van der Waals surface area contributed by atoms with Crippen molar-refractivity contribution in [3.05, 3.63) is 53.3 Å². The Morgan fingerprint density at radius 2 is 1.79 bits per heavy atom. The summed E-state index contributed by atoms with van der Waals surface area (Å²) in [5.41, 5.74) is -0.0594. The van der Waals surface area contributed by atoms with Crippen LogP contribution in [0.3, 0.4) is 0 Å². The summed E-state index contributed by atoms with van der Waals surface area (Å²) in [6.45, 7) is 0.609. The van der Waals surface area contributed by atoms with Gasteiger partial charge >= 0.3 is 0 Å². The first-order valence-electron chi connectivity index (χ1n) is 9.06. The van der Waals surface area contributed by atoms with Crippen LogP contribution in [0.2, 0.25) is 0 Å². The molecule has 1 heterocycles. The maximum Gasteiger partial charge on any atom is 0.235 e. The van der Waals surface area contributed by atoms with E-state index in [0.29, 0.717) is 24.9 Å². The van der Waals surface area contributed by atoms with Crippen LogP contribution in [-0.4, -0.2) is 38.5 Å². The Morgan fingerprint density at radius 3 is 2.41 bits per heavy atom. The predicted molar refractivity (Wildman–Crippen MR) is 105 cm³/mol. The number of likely N-dealkylation sites (N-methyl/N-ethyl adjacent to an activating group) is 1. The molecule has 0 radical (unpaired) electrons. The highest BCUT2D eigenvalue weighted by Gasteiger charge is 2.36. The highest BCUT2D eigenvalue weighted by molar-refractivity contribution is 7.93. The van der Waals surface area contributed by atoms with Crippen LogP contribution in [0.5, 0.6) is 0 Å². The molecule has 1 aliphatic heterocycles. The van der Waals surface area contributed by atoms with E-state index in [9.17, 15) is 21.6 Å². The van der Waals surface area contributed by atoms with Crippen molar-refractivity contribution in [3.8, 4) is 0 Å². The van der Waals surface area contributed by atoms with Crippen LogP contribution in [0.15, 0.2) is 35.4 Å². The summed E-state index contributed by atoms with van der Waals surface area (Å²) in [7, 11) is -1.90. The average Bonchev–Trinajstić information content (AvgIpc) is 3.45. The lowest BCUT2D eigenvalue weighted by Gasteiger charge is -2.17. The molecule has 4 rings (SSSR count). The lowest BCUT2D eigenvalue weighted by molar-refractivity contribution is 0.381. The van der Waals surface area contributed by atoms with Crippen LogP contribution in [-0.2, 0) is 10.0 Å². The van der Waals surface area contributed by atoms with Crippen LogP contribution in [0.4, 0.5) is 30.2 Å². The molecule has 6 nitrogen and oxygen atoms in total. The smallest absolute Gasteiger partial charge is 0.235 e. The molecule has 10 heteroatoms. The molecule has 1 atom stereocenters. The van der Waals surface area contributed by atoms with Crippen molar-refractivity contribution >= 4 is 33.3 Å². The number of nitrogens with one attached hydrogen (secondary N) is 2. The van der Waals surface area contributed by atoms with Gasteiger partial charge in [0.05, 0.1) is 16.6 Å². The number of rotatable bonds is 6. The number of halogens is 3. The molecule has 2 aromatic carbocycles.